The molecular formula is C12H15ClN2O5S. The molecule has 1 fully saturated rings. The molecule has 0 radical (unpaired) electrons. The van der Waals surface area contributed by atoms with Crippen molar-refractivity contribution < 1.29 is 18.4 Å². The minimum Gasteiger partial charge on any atom is -0.391 e. The van der Waals surface area contributed by atoms with Gasteiger partial charge in [0.1, 0.15) is 5.02 Å². The molecule has 0 aliphatic heterocycles. The first-order valence-corrected chi connectivity index (χ1v) is 8.32. The molecule has 0 amide bonds. The second-order valence-electron chi connectivity index (χ2n) is 4.95. The average molecular weight is 335 g/mol. The molecule has 2 rings (SSSR count). The summed E-state index contributed by atoms with van der Waals surface area (Å²) < 4.78 is 26.9. The van der Waals surface area contributed by atoms with Crippen LogP contribution in [0.1, 0.15) is 25.7 Å². The van der Waals surface area contributed by atoms with E-state index in [0.29, 0.717) is 12.8 Å². The van der Waals surface area contributed by atoms with Gasteiger partial charge in [-0.1, -0.05) is 24.4 Å². The van der Waals surface area contributed by atoms with Gasteiger partial charge in [0.25, 0.3) is 5.69 Å². The van der Waals surface area contributed by atoms with Gasteiger partial charge < -0.3 is 5.11 Å². The molecule has 0 bridgehead atoms. The van der Waals surface area contributed by atoms with Gasteiger partial charge in [0.05, 0.1) is 15.9 Å². The molecule has 1 aliphatic rings. The van der Waals surface area contributed by atoms with Gasteiger partial charge in [-0.3, -0.25) is 10.1 Å². The number of rotatable bonds is 4. The number of aliphatic hydroxyl groups is 1. The molecule has 7 nitrogen and oxygen atoms in total. The van der Waals surface area contributed by atoms with Crippen molar-refractivity contribution in [3.05, 3.63) is 33.3 Å². The standard InChI is InChI=1S/C12H15ClN2O5S/c13-9-6-5-8(7-11(9)15(17)18)21(19,20)14-10-3-1-2-4-12(10)16/h5-7,10,12,14,16H,1-4H2. The smallest absolute Gasteiger partial charge is 0.289 e. The lowest BCUT2D eigenvalue weighted by Gasteiger charge is -2.28. The Labute approximate surface area is 127 Å². The van der Waals surface area contributed by atoms with Crippen molar-refractivity contribution in [2.24, 2.45) is 0 Å². The van der Waals surface area contributed by atoms with Crippen molar-refractivity contribution in [3.63, 3.8) is 0 Å². The van der Waals surface area contributed by atoms with Crippen LogP contribution < -0.4 is 4.72 Å². The highest BCUT2D eigenvalue weighted by Crippen LogP contribution is 2.28. The van der Waals surface area contributed by atoms with E-state index >= 15 is 0 Å². The van der Waals surface area contributed by atoms with E-state index in [1.807, 2.05) is 0 Å². The highest BCUT2D eigenvalue weighted by Gasteiger charge is 2.29. The van der Waals surface area contributed by atoms with Crippen LogP contribution in [0.5, 0.6) is 0 Å². The van der Waals surface area contributed by atoms with Gasteiger partial charge in [0, 0.05) is 12.1 Å². The van der Waals surface area contributed by atoms with Crippen LogP contribution in [0.4, 0.5) is 5.69 Å². The molecule has 2 N–H and O–H groups in total. The molecule has 2 unspecified atom stereocenters. The van der Waals surface area contributed by atoms with Gasteiger partial charge >= 0.3 is 0 Å². The third kappa shape index (κ3) is 3.70. The highest BCUT2D eigenvalue weighted by molar-refractivity contribution is 7.89. The van der Waals surface area contributed by atoms with Crippen LogP contribution in [0, 0.1) is 10.1 Å². The number of sulfonamides is 1. The van der Waals surface area contributed by atoms with Crippen LogP contribution in [-0.4, -0.2) is 30.6 Å². The third-order valence-electron chi connectivity index (χ3n) is 3.46. The van der Waals surface area contributed by atoms with E-state index in [0.717, 1.165) is 18.9 Å². The van der Waals surface area contributed by atoms with Crippen LogP contribution in [0.15, 0.2) is 23.1 Å². The predicted molar refractivity (Wildman–Crippen MR) is 76.7 cm³/mol. The normalized spacial score (nSPS) is 23.0. The number of benzene rings is 1. The van der Waals surface area contributed by atoms with E-state index < -0.39 is 32.8 Å². The quantitative estimate of drug-likeness (QED) is 0.644. The SMILES string of the molecule is O=[N+]([O-])c1cc(S(=O)(=O)NC2CCCCC2O)ccc1Cl. The van der Waals surface area contributed by atoms with Crippen molar-refractivity contribution >= 4 is 27.3 Å². The first-order valence-electron chi connectivity index (χ1n) is 6.45. The highest BCUT2D eigenvalue weighted by atomic mass is 35.5. The summed E-state index contributed by atoms with van der Waals surface area (Å²) in [4.78, 5) is 9.83. The number of hydrogen-bond acceptors (Lipinski definition) is 5. The fraction of sp³-hybridized carbons (Fsp3) is 0.500. The zero-order valence-electron chi connectivity index (χ0n) is 11.0. The Morgan fingerprint density at radius 3 is 2.62 bits per heavy atom. The second-order valence-corrected chi connectivity index (χ2v) is 7.07. The summed E-state index contributed by atoms with van der Waals surface area (Å²) in [6, 6.07) is 2.72. The van der Waals surface area contributed by atoms with E-state index in [1.54, 1.807) is 0 Å². The molecule has 21 heavy (non-hydrogen) atoms. The molecule has 1 aromatic carbocycles. The molecule has 1 aliphatic carbocycles. The molecule has 2 atom stereocenters. The number of halogens is 1. The van der Waals surface area contributed by atoms with Crippen molar-refractivity contribution in [1.29, 1.82) is 0 Å². The summed E-state index contributed by atoms with van der Waals surface area (Å²) in [5.74, 6) is 0. The maximum absolute atomic E-state index is 12.2. The number of hydrogen-bond donors (Lipinski definition) is 2. The lowest BCUT2D eigenvalue weighted by molar-refractivity contribution is -0.384. The molecule has 9 heteroatoms. The van der Waals surface area contributed by atoms with Gasteiger partial charge in [0.2, 0.25) is 10.0 Å². The molecular weight excluding hydrogens is 320 g/mol. The Bertz CT molecular complexity index is 649. The summed E-state index contributed by atoms with van der Waals surface area (Å²) in [6.45, 7) is 0. The summed E-state index contributed by atoms with van der Waals surface area (Å²) in [7, 11) is -3.94. The maximum atomic E-state index is 12.2. The molecule has 0 spiro atoms. The average Bonchev–Trinajstić information content (AvgIpc) is 2.41. The number of nitrogens with zero attached hydrogens (tertiary/aromatic N) is 1. The number of nitrogens with one attached hydrogen (secondary N) is 1. The molecule has 0 saturated heterocycles. The minimum atomic E-state index is -3.94. The fourth-order valence-electron chi connectivity index (χ4n) is 2.32. The largest absolute Gasteiger partial charge is 0.391 e. The van der Waals surface area contributed by atoms with E-state index in [4.69, 9.17) is 11.6 Å². The Morgan fingerprint density at radius 1 is 1.33 bits per heavy atom. The Morgan fingerprint density at radius 2 is 2.00 bits per heavy atom. The van der Waals surface area contributed by atoms with E-state index in [9.17, 15) is 23.6 Å². The number of aliphatic hydroxyl groups excluding tert-OH is 1. The zero-order chi connectivity index (χ0) is 15.6. The monoisotopic (exact) mass is 334 g/mol. The van der Waals surface area contributed by atoms with Gasteiger partial charge in [-0.25, -0.2) is 13.1 Å². The predicted octanol–water partition coefficient (Wildman–Crippen LogP) is 1.83. The fourth-order valence-corrected chi connectivity index (χ4v) is 3.83. The first-order chi connectivity index (χ1) is 9.81. The van der Waals surface area contributed by atoms with Crippen molar-refractivity contribution in [2.75, 3.05) is 0 Å². The summed E-state index contributed by atoms with van der Waals surface area (Å²) in [5.41, 5.74) is -0.469. The van der Waals surface area contributed by atoms with Crippen LogP contribution in [0.3, 0.4) is 0 Å². The third-order valence-corrected chi connectivity index (χ3v) is 5.27. The van der Waals surface area contributed by atoms with Crippen molar-refractivity contribution in [1.82, 2.24) is 4.72 Å². The summed E-state index contributed by atoms with van der Waals surface area (Å²) >= 11 is 5.66. The Kier molecular flexibility index (Phi) is 4.82. The molecule has 116 valence electrons. The van der Waals surface area contributed by atoms with Crippen LogP contribution >= 0.6 is 11.6 Å². The molecule has 1 aromatic rings. The Hall–Kier alpha value is -1.22. The lowest BCUT2D eigenvalue weighted by atomic mass is 9.93. The van der Waals surface area contributed by atoms with Gasteiger partial charge in [0.15, 0.2) is 0 Å². The van der Waals surface area contributed by atoms with Gasteiger partial charge in [-0.05, 0) is 25.0 Å². The summed E-state index contributed by atoms with van der Waals surface area (Å²) in [5, 5.41) is 20.5. The van der Waals surface area contributed by atoms with Crippen LogP contribution in [-0.2, 0) is 10.0 Å². The molecule has 0 heterocycles. The lowest BCUT2D eigenvalue weighted by Crippen LogP contribution is -2.44. The minimum absolute atomic E-state index is 0.128. The summed E-state index contributed by atoms with van der Waals surface area (Å²) in [6.07, 6.45) is 2.01. The second kappa shape index (κ2) is 6.27. The molecule has 1 saturated carbocycles. The number of nitro groups is 1. The van der Waals surface area contributed by atoms with E-state index in [1.165, 1.54) is 12.1 Å². The van der Waals surface area contributed by atoms with E-state index in [-0.39, 0.29) is 9.92 Å². The number of nitro benzene ring substituents is 1. The van der Waals surface area contributed by atoms with Crippen molar-refractivity contribution in [3.8, 4) is 0 Å². The van der Waals surface area contributed by atoms with Gasteiger partial charge in [-0.15, -0.1) is 0 Å². The maximum Gasteiger partial charge on any atom is 0.289 e. The van der Waals surface area contributed by atoms with Crippen LogP contribution in [0.25, 0.3) is 0 Å². The first kappa shape index (κ1) is 16.2. The molecule has 0 aromatic heterocycles. The Balaban J connectivity index is 2.27. The topological polar surface area (TPSA) is 110 Å². The van der Waals surface area contributed by atoms with Crippen LogP contribution in [0.2, 0.25) is 5.02 Å². The zero-order valence-corrected chi connectivity index (χ0v) is 12.6. The van der Waals surface area contributed by atoms with Gasteiger partial charge in [-0.2, -0.15) is 0 Å². The van der Waals surface area contributed by atoms with Crippen molar-refractivity contribution in [2.45, 2.75) is 42.7 Å². The van der Waals surface area contributed by atoms with E-state index in [2.05, 4.69) is 4.72 Å².